The molecule has 1 amide bonds. The molecule has 3 atom stereocenters. The molecule has 0 bridgehead atoms. The van der Waals surface area contributed by atoms with Gasteiger partial charge < -0.3 is 19.5 Å². The molecule has 35 heavy (non-hydrogen) atoms. The van der Waals surface area contributed by atoms with Gasteiger partial charge in [-0.25, -0.2) is 0 Å². The molecule has 3 heterocycles. The predicted octanol–water partition coefficient (Wildman–Crippen LogP) is 3.51. The van der Waals surface area contributed by atoms with E-state index in [1.807, 2.05) is 39.8 Å². The topological polar surface area (TPSA) is 93.5 Å². The van der Waals surface area contributed by atoms with Crippen molar-refractivity contribution < 1.29 is 14.3 Å². The number of aryl methyl sites for hydroxylation is 2. The fourth-order valence-electron chi connectivity index (χ4n) is 4.55. The minimum atomic E-state index is -0.672. The summed E-state index contributed by atoms with van der Waals surface area (Å²) in [6.07, 6.45) is 4.05. The summed E-state index contributed by atoms with van der Waals surface area (Å²) in [5, 5.41) is 3.07. The molecule has 3 rings (SSSR count). The Bertz CT molecular complexity index is 1110. The first-order valence-electron chi connectivity index (χ1n) is 12.4. The van der Waals surface area contributed by atoms with Crippen LogP contribution in [0.4, 0.5) is 5.69 Å². The largest absolute Gasteiger partial charge is 0.377 e. The molecular formula is C27H38N4O4. The Morgan fingerprint density at radius 2 is 2.00 bits per heavy atom. The number of hydrogen-bond donors (Lipinski definition) is 1. The third-order valence-corrected chi connectivity index (χ3v) is 6.41. The second-order valence-electron chi connectivity index (χ2n) is 10.1. The summed E-state index contributed by atoms with van der Waals surface area (Å²) in [5.74, 6) is -0.122. The van der Waals surface area contributed by atoms with Crippen LogP contribution in [0, 0.1) is 19.8 Å². The monoisotopic (exact) mass is 482 g/mol. The summed E-state index contributed by atoms with van der Waals surface area (Å²) >= 11 is 0. The Morgan fingerprint density at radius 1 is 1.26 bits per heavy atom. The molecule has 8 nitrogen and oxygen atoms in total. The van der Waals surface area contributed by atoms with E-state index in [9.17, 15) is 14.4 Å². The molecular weight excluding hydrogens is 444 g/mol. The van der Waals surface area contributed by atoms with Crippen LogP contribution in [0.1, 0.15) is 69.4 Å². The summed E-state index contributed by atoms with van der Waals surface area (Å²) in [5.41, 5.74) is 3.27. The van der Waals surface area contributed by atoms with Crippen LogP contribution >= 0.6 is 0 Å². The van der Waals surface area contributed by atoms with Crippen molar-refractivity contribution in [2.24, 2.45) is 5.92 Å². The minimum absolute atomic E-state index is 0.0370. The van der Waals surface area contributed by atoms with Gasteiger partial charge in [-0.3, -0.25) is 19.4 Å². The average Bonchev–Trinajstić information content (AvgIpc) is 2.78. The Balaban J connectivity index is 1.94. The van der Waals surface area contributed by atoms with E-state index in [0.717, 1.165) is 29.1 Å². The molecule has 1 N–H and O–H groups in total. The van der Waals surface area contributed by atoms with Crippen LogP contribution < -0.4 is 15.8 Å². The van der Waals surface area contributed by atoms with E-state index in [4.69, 9.17) is 4.74 Å². The fraction of sp³-hybridized carbons (Fsp3) is 0.556. The van der Waals surface area contributed by atoms with Gasteiger partial charge in [0.25, 0.3) is 5.56 Å². The van der Waals surface area contributed by atoms with E-state index in [2.05, 4.69) is 22.1 Å². The highest BCUT2D eigenvalue weighted by Crippen LogP contribution is 2.28. The number of anilines is 1. The molecule has 0 spiro atoms. The molecule has 0 radical (unpaired) electrons. The second kappa shape index (κ2) is 11.6. The SMILES string of the molecule is CC(=O)C[C@H](NC(=O)[C@H](CC(C)C)n1ccc(C)cc1=O)c1cnc(C)c(N2CCOC[C@@H]2C)c1. The summed E-state index contributed by atoms with van der Waals surface area (Å²) < 4.78 is 7.07. The van der Waals surface area contributed by atoms with Crippen LogP contribution in [-0.4, -0.2) is 47.0 Å². The van der Waals surface area contributed by atoms with E-state index < -0.39 is 12.1 Å². The first kappa shape index (κ1) is 26.6. The quantitative estimate of drug-likeness (QED) is 0.588. The molecule has 2 aromatic heterocycles. The van der Waals surface area contributed by atoms with Crippen LogP contribution in [0.2, 0.25) is 0 Å². The number of carbonyl (C=O) groups is 2. The Kier molecular flexibility index (Phi) is 8.83. The van der Waals surface area contributed by atoms with Gasteiger partial charge in [-0.2, -0.15) is 0 Å². The third kappa shape index (κ3) is 6.78. The number of rotatable bonds is 9. The third-order valence-electron chi connectivity index (χ3n) is 6.41. The van der Waals surface area contributed by atoms with Gasteiger partial charge in [0, 0.05) is 37.5 Å². The number of Topliss-reactive ketones (excluding diaryl/α,β-unsaturated/α-hetero) is 1. The summed E-state index contributed by atoms with van der Waals surface area (Å²) in [4.78, 5) is 45.3. The van der Waals surface area contributed by atoms with Crippen LogP contribution in [-0.2, 0) is 14.3 Å². The van der Waals surface area contributed by atoms with Crippen molar-refractivity contribution >= 4 is 17.4 Å². The number of nitrogens with zero attached hydrogens (tertiary/aromatic N) is 3. The normalized spacial score (nSPS) is 17.8. The molecule has 8 heteroatoms. The summed E-state index contributed by atoms with van der Waals surface area (Å²) in [6.45, 7) is 13.5. The van der Waals surface area contributed by atoms with Gasteiger partial charge in [-0.05, 0) is 63.3 Å². The first-order chi connectivity index (χ1) is 16.6. The highest BCUT2D eigenvalue weighted by atomic mass is 16.5. The highest BCUT2D eigenvalue weighted by molar-refractivity contribution is 5.82. The second-order valence-corrected chi connectivity index (χ2v) is 10.1. The van der Waals surface area contributed by atoms with Crippen LogP contribution in [0.25, 0.3) is 0 Å². The molecule has 2 aromatic rings. The van der Waals surface area contributed by atoms with Crippen molar-refractivity contribution in [3.05, 3.63) is 57.8 Å². The molecule has 1 aliphatic rings. The molecule has 1 aliphatic heterocycles. The van der Waals surface area contributed by atoms with Crippen LogP contribution in [0.15, 0.2) is 35.4 Å². The lowest BCUT2D eigenvalue weighted by molar-refractivity contribution is -0.126. The van der Waals surface area contributed by atoms with Crippen molar-refractivity contribution in [1.82, 2.24) is 14.9 Å². The van der Waals surface area contributed by atoms with Crippen LogP contribution in [0.3, 0.4) is 0 Å². The Morgan fingerprint density at radius 3 is 2.63 bits per heavy atom. The lowest BCUT2D eigenvalue weighted by Crippen LogP contribution is -2.44. The van der Waals surface area contributed by atoms with E-state index in [-0.39, 0.29) is 35.6 Å². The van der Waals surface area contributed by atoms with E-state index >= 15 is 0 Å². The van der Waals surface area contributed by atoms with Crippen molar-refractivity contribution in [3.63, 3.8) is 0 Å². The molecule has 190 valence electrons. The van der Waals surface area contributed by atoms with Crippen molar-refractivity contribution in [3.8, 4) is 0 Å². The van der Waals surface area contributed by atoms with Crippen molar-refractivity contribution in [2.75, 3.05) is 24.7 Å². The van der Waals surface area contributed by atoms with Gasteiger partial charge in [0.05, 0.1) is 30.6 Å². The van der Waals surface area contributed by atoms with Gasteiger partial charge in [-0.1, -0.05) is 13.8 Å². The Labute approximate surface area is 207 Å². The maximum Gasteiger partial charge on any atom is 0.251 e. The van der Waals surface area contributed by atoms with Gasteiger partial charge in [-0.15, -0.1) is 0 Å². The van der Waals surface area contributed by atoms with Gasteiger partial charge in [0.15, 0.2) is 0 Å². The zero-order valence-corrected chi connectivity index (χ0v) is 21.7. The van der Waals surface area contributed by atoms with E-state index in [1.165, 1.54) is 17.6 Å². The molecule has 1 saturated heterocycles. The van der Waals surface area contributed by atoms with Crippen molar-refractivity contribution in [1.29, 1.82) is 0 Å². The first-order valence-corrected chi connectivity index (χ1v) is 12.4. The Hall–Kier alpha value is -3.00. The number of ketones is 1. The van der Waals surface area contributed by atoms with Gasteiger partial charge in [0.2, 0.25) is 5.91 Å². The number of amides is 1. The van der Waals surface area contributed by atoms with Crippen molar-refractivity contribution in [2.45, 2.75) is 72.5 Å². The van der Waals surface area contributed by atoms with Gasteiger partial charge in [0.1, 0.15) is 11.8 Å². The zero-order chi connectivity index (χ0) is 25.7. The van der Waals surface area contributed by atoms with Crippen LogP contribution in [0.5, 0.6) is 0 Å². The number of ether oxygens (including phenoxy) is 1. The fourth-order valence-corrected chi connectivity index (χ4v) is 4.55. The molecule has 0 unspecified atom stereocenters. The number of carbonyl (C=O) groups excluding carboxylic acids is 2. The molecule has 0 aromatic carbocycles. The zero-order valence-electron chi connectivity index (χ0n) is 21.7. The lowest BCUT2D eigenvalue weighted by atomic mass is 9.99. The maximum atomic E-state index is 13.6. The minimum Gasteiger partial charge on any atom is -0.377 e. The average molecular weight is 483 g/mol. The van der Waals surface area contributed by atoms with E-state index in [1.54, 1.807) is 12.4 Å². The molecule has 0 saturated carbocycles. The standard InChI is InChI=1S/C27H38N4O4/c1-17(2)11-25(31-8-7-18(3)12-26(31)33)27(34)29-23(13-20(5)32)22-14-24(21(6)28-15-22)30-9-10-35-16-19(30)4/h7-8,12,14-15,17,19,23,25H,9-11,13,16H2,1-6H3,(H,29,34)/t19-,23-,25-/m0/s1. The maximum absolute atomic E-state index is 13.6. The number of morpholine rings is 1. The van der Waals surface area contributed by atoms with Gasteiger partial charge >= 0.3 is 0 Å². The smallest absolute Gasteiger partial charge is 0.251 e. The number of nitrogens with one attached hydrogen (secondary N) is 1. The molecule has 0 aliphatic carbocycles. The summed E-state index contributed by atoms with van der Waals surface area (Å²) in [7, 11) is 0. The lowest BCUT2D eigenvalue weighted by Gasteiger charge is -2.36. The number of hydrogen-bond acceptors (Lipinski definition) is 6. The highest BCUT2D eigenvalue weighted by Gasteiger charge is 2.28. The molecule has 1 fully saturated rings. The van der Waals surface area contributed by atoms with E-state index in [0.29, 0.717) is 19.6 Å². The number of pyridine rings is 2. The predicted molar refractivity (Wildman–Crippen MR) is 137 cm³/mol. The summed E-state index contributed by atoms with van der Waals surface area (Å²) in [6, 6.07) is 4.37. The number of aromatic nitrogens is 2.